The van der Waals surface area contributed by atoms with Crippen molar-refractivity contribution in [2.75, 3.05) is 13.2 Å². The monoisotopic (exact) mass is 463 g/mol. The first-order valence-corrected chi connectivity index (χ1v) is 11.5. The third-order valence-electron chi connectivity index (χ3n) is 4.06. The van der Waals surface area contributed by atoms with E-state index in [4.69, 9.17) is 9.47 Å². The molecule has 2 rings (SSSR count). The molecule has 0 saturated carbocycles. The number of carbonyl (C=O) groups is 3. The smallest absolute Gasteiger partial charge is 0.434 e. The molecule has 0 spiro atoms. The predicted molar refractivity (Wildman–Crippen MR) is 115 cm³/mol. The van der Waals surface area contributed by atoms with Crippen molar-refractivity contribution in [2.45, 2.75) is 38.0 Å². The summed E-state index contributed by atoms with van der Waals surface area (Å²) in [7, 11) is -4.24. The van der Waals surface area contributed by atoms with E-state index >= 15 is 0 Å². The van der Waals surface area contributed by atoms with Gasteiger partial charge in [-0.05, 0) is 37.1 Å². The first kappa shape index (κ1) is 24.8. The molecule has 2 aromatic rings. The van der Waals surface area contributed by atoms with E-state index in [9.17, 15) is 22.8 Å². The highest BCUT2D eigenvalue weighted by Crippen LogP contribution is 2.14. The lowest BCUT2D eigenvalue weighted by molar-refractivity contribution is 0.0948. The maximum Gasteiger partial charge on any atom is 0.515 e. The Morgan fingerprint density at radius 1 is 1.00 bits per heavy atom. The Bertz CT molecular complexity index is 1050. The number of hydrogen-bond donors (Lipinski definition) is 2. The Hall–Kier alpha value is -3.47. The van der Waals surface area contributed by atoms with Crippen LogP contribution >= 0.6 is 0 Å². The average molecular weight is 464 g/mol. The van der Waals surface area contributed by atoms with Crippen LogP contribution in [0.15, 0.2) is 47.5 Å². The summed E-state index contributed by atoms with van der Waals surface area (Å²) in [6, 6.07) is 7.84. The van der Waals surface area contributed by atoms with Crippen molar-refractivity contribution in [3.63, 3.8) is 0 Å². The summed E-state index contributed by atoms with van der Waals surface area (Å²) in [5.74, 6) is -1.44. The van der Waals surface area contributed by atoms with Gasteiger partial charge in [-0.1, -0.05) is 26.3 Å². The van der Waals surface area contributed by atoms with Crippen LogP contribution in [0.1, 0.15) is 53.8 Å². The number of benzene rings is 1. The number of pyridine rings is 1. The molecule has 0 fully saturated rings. The molecule has 1 heterocycles. The SMILES string of the molecule is CCCCNC(=O)c1cccc(S(=O)(=O)NC(=O)c2ccc(OC(=O)OCCC)nc2)c1. The molecule has 0 aliphatic rings. The van der Waals surface area contributed by atoms with Crippen molar-refractivity contribution in [1.82, 2.24) is 15.0 Å². The third-order valence-corrected chi connectivity index (χ3v) is 5.39. The molecule has 11 heteroatoms. The number of rotatable bonds is 10. The fourth-order valence-corrected chi connectivity index (χ4v) is 3.42. The molecule has 172 valence electrons. The third kappa shape index (κ3) is 7.34. The van der Waals surface area contributed by atoms with Gasteiger partial charge in [0, 0.05) is 24.4 Å². The molecule has 0 bridgehead atoms. The lowest BCUT2D eigenvalue weighted by Gasteiger charge is -2.09. The number of amides is 2. The van der Waals surface area contributed by atoms with Crippen LogP contribution < -0.4 is 14.8 Å². The summed E-state index contributed by atoms with van der Waals surface area (Å²) in [6.45, 7) is 4.48. The Kier molecular flexibility index (Phi) is 9.14. The molecule has 2 N–H and O–H groups in total. The van der Waals surface area contributed by atoms with Gasteiger partial charge in [0.2, 0.25) is 5.88 Å². The maximum absolute atomic E-state index is 12.6. The van der Waals surface area contributed by atoms with E-state index in [0.717, 1.165) is 19.0 Å². The van der Waals surface area contributed by atoms with Crippen molar-refractivity contribution in [3.8, 4) is 5.88 Å². The van der Waals surface area contributed by atoms with Crippen molar-refractivity contribution in [3.05, 3.63) is 53.7 Å². The molecular weight excluding hydrogens is 438 g/mol. The number of nitrogens with one attached hydrogen (secondary N) is 2. The largest absolute Gasteiger partial charge is 0.515 e. The first-order chi connectivity index (χ1) is 15.3. The molecule has 0 atom stereocenters. The zero-order valence-corrected chi connectivity index (χ0v) is 18.6. The highest BCUT2D eigenvalue weighted by molar-refractivity contribution is 7.90. The topological polar surface area (TPSA) is 141 Å². The zero-order chi connectivity index (χ0) is 23.6. The Labute approximate surface area is 186 Å². The number of sulfonamides is 1. The summed E-state index contributed by atoms with van der Waals surface area (Å²) in [4.78, 5) is 39.5. The van der Waals surface area contributed by atoms with E-state index in [1.807, 2.05) is 18.6 Å². The fourth-order valence-electron chi connectivity index (χ4n) is 2.40. The van der Waals surface area contributed by atoms with Gasteiger partial charge in [-0.15, -0.1) is 0 Å². The van der Waals surface area contributed by atoms with Gasteiger partial charge in [0.1, 0.15) is 0 Å². The second-order valence-electron chi connectivity index (χ2n) is 6.66. The summed E-state index contributed by atoms with van der Waals surface area (Å²) in [5.41, 5.74) is 0.0888. The molecule has 10 nitrogen and oxygen atoms in total. The van der Waals surface area contributed by atoms with Crippen LogP contribution in [-0.4, -0.2) is 44.5 Å². The normalized spacial score (nSPS) is 10.8. The number of carbonyl (C=O) groups excluding carboxylic acids is 3. The van der Waals surface area contributed by atoms with Gasteiger partial charge < -0.3 is 14.8 Å². The van der Waals surface area contributed by atoms with Gasteiger partial charge in [-0.25, -0.2) is 22.9 Å². The second kappa shape index (κ2) is 11.8. The Morgan fingerprint density at radius 3 is 2.44 bits per heavy atom. The molecule has 0 radical (unpaired) electrons. The molecule has 0 unspecified atom stereocenters. The van der Waals surface area contributed by atoms with Gasteiger partial charge in [-0.2, -0.15) is 0 Å². The van der Waals surface area contributed by atoms with Gasteiger partial charge >= 0.3 is 6.16 Å². The second-order valence-corrected chi connectivity index (χ2v) is 8.34. The molecule has 0 aliphatic carbocycles. The van der Waals surface area contributed by atoms with Crippen LogP contribution in [0.25, 0.3) is 0 Å². The summed E-state index contributed by atoms with van der Waals surface area (Å²) in [5, 5.41) is 2.70. The Morgan fingerprint density at radius 2 is 1.78 bits per heavy atom. The highest BCUT2D eigenvalue weighted by atomic mass is 32.2. The number of nitrogens with zero attached hydrogens (tertiary/aromatic N) is 1. The first-order valence-electron chi connectivity index (χ1n) is 10.0. The van der Waals surface area contributed by atoms with Crippen LogP contribution in [0.2, 0.25) is 0 Å². The lowest BCUT2D eigenvalue weighted by Crippen LogP contribution is -2.31. The van der Waals surface area contributed by atoms with Gasteiger partial charge in [0.05, 0.1) is 17.1 Å². The summed E-state index contributed by atoms with van der Waals surface area (Å²) in [6.07, 6.45) is 2.47. The number of aromatic nitrogens is 1. The predicted octanol–water partition coefficient (Wildman–Crippen LogP) is 2.66. The van der Waals surface area contributed by atoms with Crippen molar-refractivity contribution in [2.24, 2.45) is 0 Å². The standard InChI is InChI=1S/C21H25N3O7S/c1-3-5-11-22-19(25)15-7-6-8-17(13-15)32(28,29)24-20(26)16-9-10-18(23-14-16)31-21(27)30-12-4-2/h6-10,13-14H,3-5,11-12H2,1-2H3,(H,22,25)(H,24,26). The molecule has 1 aromatic heterocycles. The van der Waals surface area contributed by atoms with Crippen LogP contribution in [0.5, 0.6) is 5.88 Å². The van der Waals surface area contributed by atoms with Crippen LogP contribution in [0.4, 0.5) is 4.79 Å². The summed E-state index contributed by atoms with van der Waals surface area (Å²) < 4.78 is 36.7. The number of hydrogen-bond acceptors (Lipinski definition) is 8. The van der Waals surface area contributed by atoms with E-state index in [1.165, 1.54) is 36.4 Å². The number of ether oxygens (including phenoxy) is 2. The quantitative estimate of drug-likeness (QED) is 0.405. The average Bonchev–Trinajstić information content (AvgIpc) is 2.78. The highest BCUT2D eigenvalue weighted by Gasteiger charge is 2.20. The van der Waals surface area contributed by atoms with Crippen LogP contribution in [0, 0.1) is 0 Å². The van der Waals surface area contributed by atoms with Gasteiger partial charge in [-0.3, -0.25) is 9.59 Å². The van der Waals surface area contributed by atoms with E-state index in [1.54, 1.807) is 0 Å². The minimum atomic E-state index is -4.24. The molecule has 1 aromatic carbocycles. The Balaban J connectivity index is 2.05. The molecular formula is C21H25N3O7S. The number of unbranched alkanes of at least 4 members (excludes halogenated alkanes) is 1. The van der Waals surface area contributed by atoms with E-state index < -0.39 is 28.0 Å². The van der Waals surface area contributed by atoms with Crippen LogP contribution in [0.3, 0.4) is 0 Å². The lowest BCUT2D eigenvalue weighted by atomic mass is 10.2. The zero-order valence-electron chi connectivity index (χ0n) is 17.8. The van der Waals surface area contributed by atoms with Crippen LogP contribution in [-0.2, 0) is 14.8 Å². The molecule has 0 aliphatic heterocycles. The molecule has 32 heavy (non-hydrogen) atoms. The van der Waals surface area contributed by atoms with Crippen molar-refractivity contribution < 1.29 is 32.3 Å². The summed E-state index contributed by atoms with van der Waals surface area (Å²) >= 11 is 0. The van der Waals surface area contributed by atoms with E-state index in [0.29, 0.717) is 13.0 Å². The van der Waals surface area contributed by atoms with E-state index in [-0.39, 0.29) is 28.5 Å². The van der Waals surface area contributed by atoms with Crippen molar-refractivity contribution in [1.29, 1.82) is 0 Å². The maximum atomic E-state index is 12.6. The van der Waals surface area contributed by atoms with Crippen molar-refractivity contribution >= 4 is 28.0 Å². The minimum Gasteiger partial charge on any atom is -0.434 e. The van der Waals surface area contributed by atoms with Gasteiger partial charge in [0.15, 0.2) is 0 Å². The van der Waals surface area contributed by atoms with Gasteiger partial charge in [0.25, 0.3) is 21.8 Å². The fraction of sp³-hybridized carbons (Fsp3) is 0.333. The van der Waals surface area contributed by atoms with E-state index in [2.05, 4.69) is 10.3 Å². The molecule has 2 amide bonds. The minimum absolute atomic E-state index is 0.0729. The molecule has 0 saturated heterocycles.